The lowest BCUT2D eigenvalue weighted by molar-refractivity contribution is 0.261. The summed E-state index contributed by atoms with van der Waals surface area (Å²) in [6, 6.07) is 7.55. The first-order valence-electron chi connectivity index (χ1n) is 7.18. The summed E-state index contributed by atoms with van der Waals surface area (Å²) in [6.07, 6.45) is 4.77. The van der Waals surface area contributed by atoms with Gasteiger partial charge in [0.2, 0.25) is 0 Å². The van der Waals surface area contributed by atoms with Gasteiger partial charge < -0.3 is 9.80 Å². The molecule has 0 amide bonds. The second-order valence-electron chi connectivity index (χ2n) is 5.42. The Labute approximate surface area is 117 Å². The summed E-state index contributed by atoms with van der Waals surface area (Å²) in [5.41, 5.74) is 0.690. The normalized spacial score (nSPS) is 12.7. The molecule has 0 spiro atoms. The lowest BCUT2D eigenvalue weighted by Gasteiger charge is -2.27. The zero-order chi connectivity index (χ0) is 14.3. The summed E-state index contributed by atoms with van der Waals surface area (Å²) in [5, 5.41) is 0. The Morgan fingerprint density at radius 1 is 1.11 bits per heavy atom. The van der Waals surface area contributed by atoms with E-state index in [-0.39, 0.29) is 5.82 Å². The van der Waals surface area contributed by atoms with E-state index < -0.39 is 0 Å². The topological polar surface area (TPSA) is 6.48 Å². The largest absolute Gasteiger partial charge is 0.372 e. The van der Waals surface area contributed by atoms with Gasteiger partial charge in [-0.05, 0) is 39.1 Å². The number of benzene rings is 1. The Kier molecular flexibility index (Phi) is 6.85. The molecule has 0 bridgehead atoms. The molecule has 1 rings (SSSR count). The van der Waals surface area contributed by atoms with Crippen LogP contribution in [0.15, 0.2) is 24.3 Å². The van der Waals surface area contributed by atoms with Crippen LogP contribution >= 0.6 is 0 Å². The molecule has 0 saturated carbocycles. The van der Waals surface area contributed by atoms with Crippen LogP contribution in [0.25, 0.3) is 0 Å². The number of rotatable bonds is 8. The van der Waals surface area contributed by atoms with E-state index >= 15 is 0 Å². The lowest BCUT2D eigenvalue weighted by Crippen LogP contribution is -2.32. The van der Waals surface area contributed by atoms with Crippen molar-refractivity contribution < 1.29 is 4.39 Å². The smallest absolute Gasteiger partial charge is 0.146 e. The molecule has 0 radical (unpaired) electrons. The van der Waals surface area contributed by atoms with Crippen molar-refractivity contribution in [2.75, 3.05) is 32.6 Å². The van der Waals surface area contributed by atoms with Gasteiger partial charge in [-0.15, -0.1) is 0 Å². The van der Waals surface area contributed by atoms with Gasteiger partial charge in [0.25, 0.3) is 0 Å². The maximum atomic E-state index is 13.7. The third-order valence-electron chi connectivity index (χ3n) is 3.68. The summed E-state index contributed by atoms with van der Waals surface area (Å²) in [6.45, 7) is 3.10. The summed E-state index contributed by atoms with van der Waals surface area (Å²) in [5.74, 6) is -0.139. The van der Waals surface area contributed by atoms with Gasteiger partial charge in [-0.1, -0.05) is 31.9 Å². The van der Waals surface area contributed by atoms with Crippen LogP contribution in [0, 0.1) is 5.82 Å². The predicted molar refractivity (Wildman–Crippen MR) is 81.3 cm³/mol. The number of para-hydroxylation sites is 1. The fourth-order valence-corrected chi connectivity index (χ4v) is 2.32. The number of hydrogen-bond acceptors (Lipinski definition) is 2. The quantitative estimate of drug-likeness (QED) is 0.706. The van der Waals surface area contributed by atoms with Crippen LogP contribution in [-0.4, -0.2) is 38.6 Å². The molecule has 19 heavy (non-hydrogen) atoms. The third-order valence-corrected chi connectivity index (χ3v) is 3.68. The highest BCUT2D eigenvalue weighted by Crippen LogP contribution is 2.18. The molecule has 0 aliphatic carbocycles. The molecular formula is C16H27FN2. The molecule has 1 atom stereocenters. The first-order chi connectivity index (χ1) is 9.06. The van der Waals surface area contributed by atoms with E-state index in [4.69, 9.17) is 0 Å². The van der Waals surface area contributed by atoms with E-state index in [9.17, 15) is 4.39 Å². The molecule has 0 fully saturated rings. The second kappa shape index (κ2) is 8.16. The molecule has 0 aromatic heterocycles. The van der Waals surface area contributed by atoms with Gasteiger partial charge in [0.05, 0.1) is 5.69 Å². The van der Waals surface area contributed by atoms with Crippen LogP contribution in [-0.2, 0) is 0 Å². The van der Waals surface area contributed by atoms with Crippen molar-refractivity contribution in [1.29, 1.82) is 0 Å². The molecule has 2 nitrogen and oxygen atoms in total. The Morgan fingerprint density at radius 3 is 2.37 bits per heavy atom. The van der Waals surface area contributed by atoms with E-state index in [1.807, 2.05) is 24.1 Å². The fourth-order valence-electron chi connectivity index (χ4n) is 2.32. The van der Waals surface area contributed by atoms with Gasteiger partial charge in [-0.25, -0.2) is 4.39 Å². The van der Waals surface area contributed by atoms with Crippen molar-refractivity contribution in [3.05, 3.63) is 30.1 Å². The monoisotopic (exact) mass is 266 g/mol. The highest BCUT2D eigenvalue weighted by atomic mass is 19.1. The number of hydrogen-bond donors (Lipinski definition) is 0. The Hall–Kier alpha value is -1.09. The maximum Gasteiger partial charge on any atom is 0.146 e. The molecule has 0 aliphatic heterocycles. The molecule has 0 aliphatic rings. The van der Waals surface area contributed by atoms with E-state index in [0.29, 0.717) is 11.7 Å². The van der Waals surface area contributed by atoms with Gasteiger partial charge >= 0.3 is 0 Å². The number of nitrogens with zero attached hydrogens (tertiary/aromatic N) is 2. The van der Waals surface area contributed by atoms with Crippen LogP contribution in [0.1, 0.15) is 32.6 Å². The highest BCUT2D eigenvalue weighted by molar-refractivity contribution is 5.46. The Morgan fingerprint density at radius 2 is 1.79 bits per heavy atom. The van der Waals surface area contributed by atoms with Crippen LogP contribution in [0.3, 0.4) is 0 Å². The van der Waals surface area contributed by atoms with Gasteiger partial charge in [-0.2, -0.15) is 0 Å². The van der Waals surface area contributed by atoms with E-state index in [1.54, 1.807) is 6.07 Å². The molecule has 0 N–H and O–H groups in total. The minimum atomic E-state index is -0.139. The molecule has 1 unspecified atom stereocenters. The van der Waals surface area contributed by atoms with Crippen molar-refractivity contribution in [2.45, 2.75) is 38.6 Å². The molecule has 1 aromatic rings. The third kappa shape index (κ3) is 5.19. The average molecular weight is 266 g/mol. The summed E-state index contributed by atoms with van der Waals surface area (Å²) in [4.78, 5) is 4.29. The Balaban J connectivity index is 2.52. The fraction of sp³-hybridized carbons (Fsp3) is 0.625. The van der Waals surface area contributed by atoms with Crippen molar-refractivity contribution >= 4 is 5.69 Å². The molecular weight excluding hydrogens is 239 g/mol. The minimum Gasteiger partial charge on any atom is -0.372 e. The van der Waals surface area contributed by atoms with Crippen LogP contribution in [0.4, 0.5) is 10.1 Å². The number of halogens is 1. The highest BCUT2D eigenvalue weighted by Gasteiger charge is 2.13. The van der Waals surface area contributed by atoms with Crippen molar-refractivity contribution in [1.82, 2.24) is 4.90 Å². The molecule has 0 saturated heterocycles. The number of anilines is 1. The zero-order valence-electron chi connectivity index (χ0n) is 12.7. The second-order valence-corrected chi connectivity index (χ2v) is 5.42. The van der Waals surface area contributed by atoms with Crippen molar-refractivity contribution in [2.24, 2.45) is 0 Å². The first-order valence-corrected chi connectivity index (χ1v) is 7.18. The van der Waals surface area contributed by atoms with Crippen LogP contribution < -0.4 is 4.90 Å². The van der Waals surface area contributed by atoms with Crippen LogP contribution in [0.5, 0.6) is 0 Å². The van der Waals surface area contributed by atoms with Crippen molar-refractivity contribution in [3.8, 4) is 0 Å². The first kappa shape index (κ1) is 16.0. The summed E-state index contributed by atoms with van der Waals surface area (Å²) >= 11 is 0. The van der Waals surface area contributed by atoms with Gasteiger partial charge in [-0.3, -0.25) is 0 Å². The maximum absolute atomic E-state index is 13.7. The summed E-state index contributed by atoms with van der Waals surface area (Å²) in [7, 11) is 6.22. The zero-order valence-corrected chi connectivity index (χ0v) is 12.7. The van der Waals surface area contributed by atoms with E-state index in [1.165, 1.54) is 25.3 Å². The van der Waals surface area contributed by atoms with Gasteiger partial charge in [0.1, 0.15) is 5.82 Å². The van der Waals surface area contributed by atoms with Crippen molar-refractivity contribution in [3.63, 3.8) is 0 Å². The van der Waals surface area contributed by atoms with Gasteiger partial charge in [0.15, 0.2) is 0 Å². The minimum absolute atomic E-state index is 0.139. The molecule has 108 valence electrons. The molecule has 1 aromatic carbocycles. The van der Waals surface area contributed by atoms with Gasteiger partial charge in [0, 0.05) is 19.6 Å². The SMILES string of the molecule is CCCCC(CCN(C)c1ccccc1F)N(C)C. The van der Waals surface area contributed by atoms with Crippen LogP contribution in [0.2, 0.25) is 0 Å². The standard InChI is InChI=1S/C16H27FN2/c1-5-6-9-14(18(2)3)12-13-19(4)16-11-8-7-10-15(16)17/h7-8,10-11,14H,5-6,9,12-13H2,1-4H3. The summed E-state index contributed by atoms with van der Waals surface area (Å²) < 4.78 is 13.7. The molecule has 0 heterocycles. The molecule has 3 heteroatoms. The predicted octanol–water partition coefficient (Wildman–Crippen LogP) is 3.77. The Bertz CT molecular complexity index is 366. The van der Waals surface area contributed by atoms with E-state index in [0.717, 1.165) is 13.0 Å². The number of unbranched alkanes of at least 4 members (excludes halogenated alkanes) is 1. The lowest BCUT2D eigenvalue weighted by atomic mass is 10.1. The van der Waals surface area contributed by atoms with E-state index in [2.05, 4.69) is 25.9 Å². The average Bonchev–Trinajstić information content (AvgIpc) is 2.38.